The maximum atomic E-state index is 13.7. The predicted octanol–water partition coefficient (Wildman–Crippen LogP) is 5.22. The maximum Gasteiger partial charge on any atom is 0.253 e. The Morgan fingerprint density at radius 2 is 1.81 bits per heavy atom. The summed E-state index contributed by atoms with van der Waals surface area (Å²) in [6.45, 7) is 9.31. The van der Waals surface area contributed by atoms with Crippen LogP contribution in [0, 0.1) is 0 Å². The number of hydrogen-bond acceptors (Lipinski definition) is 6. The number of aryl methyl sites for hydroxylation is 1. The van der Waals surface area contributed by atoms with Crippen molar-refractivity contribution in [1.29, 1.82) is 0 Å². The fourth-order valence-electron chi connectivity index (χ4n) is 4.70. The molecule has 1 N–H and O–H groups in total. The molecule has 0 spiro atoms. The van der Waals surface area contributed by atoms with Gasteiger partial charge in [0.1, 0.15) is 11.8 Å². The van der Waals surface area contributed by atoms with Gasteiger partial charge in [-0.15, -0.1) is 5.10 Å². The van der Waals surface area contributed by atoms with Gasteiger partial charge < -0.3 is 9.40 Å². The van der Waals surface area contributed by atoms with Gasteiger partial charge in [0.05, 0.1) is 18.3 Å². The molecule has 0 radical (unpaired) electrons. The zero-order valence-electron chi connectivity index (χ0n) is 21.7. The van der Waals surface area contributed by atoms with E-state index in [0.29, 0.717) is 24.5 Å². The zero-order chi connectivity index (χ0) is 26.0. The van der Waals surface area contributed by atoms with Crippen LogP contribution < -0.4 is 5.56 Å². The second-order valence-electron chi connectivity index (χ2n) is 10.3. The average molecular weight is 497 g/mol. The highest BCUT2D eigenvalue weighted by atomic mass is 16.3. The first-order valence-electron chi connectivity index (χ1n) is 12.6. The summed E-state index contributed by atoms with van der Waals surface area (Å²) >= 11 is 0. The van der Waals surface area contributed by atoms with E-state index in [1.54, 1.807) is 6.26 Å². The van der Waals surface area contributed by atoms with Gasteiger partial charge in [0.2, 0.25) is 0 Å². The van der Waals surface area contributed by atoms with E-state index < -0.39 is 6.04 Å². The van der Waals surface area contributed by atoms with Crippen molar-refractivity contribution < 1.29 is 4.42 Å². The van der Waals surface area contributed by atoms with Gasteiger partial charge in [0.25, 0.3) is 5.56 Å². The molecule has 3 heterocycles. The van der Waals surface area contributed by atoms with Crippen LogP contribution in [0.1, 0.15) is 62.0 Å². The van der Waals surface area contributed by atoms with Crippen LogP contribution in [0.25, 0.3) is 10.9 Å². The number of nitrogens with one attached hydrogen (secondary N) is 1. The zero-order valence-corrected chi connectivity index (χ0v) is 21.7. The monoisotopic (exact) mass is 496 g/mol. The first kappa shape index (κ1) is 24.6. The first-order chi connectivity index (χ1) is 17.8. The third-order valence-electron chi connectivity index (χ3n) is 6.55. The first-order valence-corrected chi connectivity index (χ1v) is 12.6. The van der Waals surface area contributed by atoms with E-state index in [2.05, 4.69) is 71.3 Å². The minimum Gasteiger partial charge on any atom is -0.468 e. The Labute approximate surface area is 215 Å². The number of pyridine rings is 1. The van der Waals surface area contributed by atoms with Crippen LogP contribution in [0.15, 0.2) is 82.2 Å². The smallest absolute Gasteiger partial charge is 0.253 e. The largest absolute Gasteiger partial charge is 0.468 e. The van der Waals surface area contributed by atoms with E-state index in [1.165, 1.54) is 5.56 Å². The molecule has 8 heteroatoms. The second-order valence-corrected chi connectivity index (χ2v) is 10.3. The fourth-order valence-corrected chi connectivity index (χ4v) is 4.70. The fraction of sp³-hybridized carbons (Fsp3) is 0.310. The van der Waals surface area contributed by atoms with Gasteiger partial charge in [-0.1, -0.05) is 43.3 Å². The Morgan fingerprint density at radius 3 is 2.51 bits per heavy atom. The van der Waals surface area contributed by atoms with Crippen molar-refractivity contribution >= 4 is 10.9 Å². The molecular formula is C29H32N6O2. The number of fused-ring (bicyclic) bond motifs is 1. The Balaban J connectivity index is 1.73. The van der Waals surface area contributed by atoms with Crippen molar-refractivity contribution in [1.82, 2.24) is 30.1 Å². The number of furan rings is 1. The van der Waals surface area contributed by atoms with Crippen LogP contribution in [0.3, 0.4) is 0 Å². The average Bonchev–Trinajstić information content (AvgIpc) is 3.57. The number of tetrazole rings is 1. The molecule has 0 fully saturated rings. The Morgan fingerprint density at radius 1 is 1.00 bits per heavy atom. The van der Waals surface area contributed by atoms with E-state index in [0.717, 1.165) is 28.6 Å². The summed E-state index contributed by atoms with van der Waals surface area (Å²) in [4.78, 5) is 19.0. The summed E-state index contributed by atoms with van der Waals surface area (Å²) in [7, 11) is 0. The van der Waals surface area contributed by atoms with Crippen LogP contribution in [0.4, 0.5) is 0 Å². The lowest BCUT2D eigenvalue weighted by atomic mass is 10.00. The quantitative estimate of drug-likeness (QED) is 0.317. The molecular weight excluding hydrogens is 464 g/mol. The Kier molecular flexibility index (Phi) is 6.76. The third-order valence-corrected chi connectivity index (χ3v) is 6.55. The van der Waals surface area contributed by atoms with E-state index in [4.69, 9.17) is 4.42 Å². The number of aromatic nitrogens is 5. The molecule has 3 aromatic heterocycles. The molecule has 5 rings (SSSR count). The molecule has 0 saturated heterocycles. The number of H-pyrrole nitrogens is 1. The lowest BCUT2D eigenvalue weighted by Gasteiger charge is -2.32. The number of hydrogen-bond donors (Lipinski definition) is 1. The van der Waals surface area contributed by atoms with Crippen molar-refractivity contribution in [3.05, 3.63) is 112 Å². The van der Waals surface area contributed by atoms with Crippen molar-refractivity contribution in [2.75, 3.05) is 0 Å². The molecule has 0 saturated carbocycles. The number of nitrogens with zero attached hydrogens (tertiary/aromatic N) is 5. The van der Waals surface area contributed by atoms with Crippen LogP contribution in [0.5, 0.6) is 0 Å². The molecule has 190 valence electrons. The highest BCUT2D eigenvalue weighted by Crippen LogP contribution is 2.32. The summed E-state index contributed by atoms with van der Waals surface area (Å²) in [6, 6.07) is 21.6. The molecule has 0 amide bonds. The van der Waals surface area contributed by atoms with Crippen LogP contribution in [-0.2, 0) is 25.0 Å². The van der Waals surface area contributed by atoms with Crippen molar-refractivity contribution in [2.24, 2.45) is 0 Å². The maximum absolute atomic E-state index is 13.7. The molecule has 0 aliphatic carbocycles. The molecule has 5 aromatic rings. The highest BCUT2D eigenvalue weighted by molar-refractivity contribution is 5.80. The lowest BCUT2D eigenvalue weighted by Crippen LogP contribution is -2.37. The minimum atomic E-state index is -0.530. The summed E-state index contributed by atoms with van der Waals surface area (Å²) in [6.07, 6.45) is 2.58. The second kappa shape index (κ2) is 10.1. The molecule has 0 aliphatic rings. The normalized spacial score (nSPS) is 12.9. The lowest BCUT2D eigenvalue weighted by molar-refractivity contribution is 0.171. The van der Waals surface area contributed by atoms with Gasteiger partial charge in [0.15, 0.2) is 5.82 Å². The summed E-state index contributed by atoms with van der Waals surface area (Å²) in [5.74, 6) is 1.40. The van der Waals surface area contributed by atoms with Gasteiger partial charge in [-0.05, 0) is 84.5 Å². The summed E-state index contributed by atoms with van der Waals surface area (Å²) in [5, 5.41) is 13.8. The van der Waals surface area contributed by atoms with Gasteiger partial charge in [-0.3, -0.25) is 9.69 Å². The molecule has 0 unspecified atom stereocenters. The van der Waals surface area contributed by atoms with Crippen LogP contribution in [0.2, 0.25) is 0 Å². The standard InChI is InChI=1S/C29H32N6O2/c1-5-20-13-14-25-22(16-20)17-24(28(36)30-25)26(27-31-32-33-35(27)29(2,3)4)34(19-23-12-9-15-37-23)18-21-10-7-6-8-11-21/h6-17,26H,5,18-19H2,1-4H3,(H,30,36)/t26-/m1/s1. The number of aromatic amines is 1. The highest BCUT2D eigenvalue weighted by Gasteiger charge is 2.34. The van der Waals surface area contributed by atoms with E-state index in [-0.39, 0.29) is 11.1 Å². The third kappa shape index (κ3) is 5.24. The number of rotatable bonds is 8. The van der Waals surface area contributed by atoms with Crippen LogP contribution >= 0.6 is 0 Å². The van der Waals surface area contributed by atoms with Gasteiger partial charge >= 0.3 is 0 Å². The molecule has 8 nitrogen and oxygen atoms in total. The predicted molar refractivity (Wildman–Crippen MR) is 143 cm³/mol. The van der Waals surface area contributed by atoms with E-state index >= 15 is 0 Å². The molecule has 37 heavy (non-hydrogen) atoms. The molecule has 1 atom stereocenters. The SMILES string of the molecule is CCc1ccc2[nH]c(=O)c([C@H](c3nnnn3C(C)(C)C)N(Cc3ccccc3)Cc3ccco3)cc2c1. The Hall–Kier alpha value is -4.04. The number of benzene rings is 2. The molecule has 2 aromatic carbocycles. The van der Waals surface area contributed by atoms with Crippen molar-refractivity contribution in [3.8, 4) is 0 Å². The molecule has 0 bridgehead atoms. The van der Waals surface area contributed by atoms with E-state index in [1.807, 2.05) is 53.2 Å². The topological polar surface area (TPSA) is 92.8 Å². The van der Waals surface area contributed by atoms with Crippen molar-refractivity contribution in [2.45, 2.75) is 58.8 Å². The molecule has 0 aliphatic heterocycles. The summed E-state index contributed by atoms with van der Waals surface area (Å²) < 4.78 is 7.56. The van der Waals surface area contributed by atoms with Crippen LogP contribution in [-0.4, -0.2) is 30.1 Å². The van der Waals surface area contributed by atoms with E-state index in [9.17, 15) is 4.79 Å². The van der Waals surface area contributed by atoms with Gasteiger partial charge in [-0.2, -0.15) is 0 Å². The minimum absolute atomic E-state index is 0.164. The van der Waals surface area contributed by atoms with Gasteiger partial charge in [-0.25, -0.2) is 4.68 Å². The Bertz CT molecular complexity index is 1530. The summed E-state index contributed by atoms with van der Waals surface area (Å²) in [5.41, 5.74) is 3.16. The van der Waals surface area contributed by atoms with Gasteiger partial charge in [0, 0.05) is 17.6 Å². The van der Waals surface area contributed by atoms with Crippen molar-refractivity contribution in [3.63, 3.8) is 0 Å².